The molecule has 4 heteroatoms. The molecule has 0 amide bonds. The first kappa shape index (κ1) is 11.5. The molecule has 0 atom stereocenters. The monoisotopic (exact) mass is 244 g/mol. The van der Waals surface area contributed by atoms with Gasteiger partial charge in [0.15, 0.2) is 5.65 Å². The molecular weight excluding hydrogens is 224 g/mol. The Kier molecular flexibility index (Phi) is 2.54. The predicted octanol–water partition coefficient (Wildman–Crippen LogP) is 2.90. The second-order valence-corrected chi connectivity index (χ2v) is 5.60. The van der Waals surface area contributed by atoms with Crippen molar-refractivity contribution in [1.29, 1.82) is 0 Å². The van der Waals surface area contributed by atoms with Gasteiger partial charge in [-0.25, -0.2) is 9.97 Å². The van der Waals surface area contributed by atoms with Gasteiger partial charge >= 0.3 is 0 Å². The Morgan fingerprint density at radius 1 is 1.33 bits per heavy atom. The summed E-state index contributed by atoms with van der Waals surface area (Å²) in [6.45, 7) is 5.23. The Morgan fingerprint density at radius 2 is 2.11 bits per heavy atom. The number of aromatic nitrogens is 3. The number of nitrogen functional groups attached to an aromatic ring is 1. The van der Waals surface area contributed by atoms with Crippen LogP contribution in [0.25, 0.3) is 11.2 Å². The Balaban J connectivity index is 2.00. The van der Waals surface area contributed by atoms with Gasteiger partial charge in [-0.3, -0.25) is 4.57 Å². The molecular formula is C14H20N4. The van der Waals surface area contributed by atoms with Crippen LogP contribution in [-0.4, -0.2) is 14.5 Å². The van der Waals surface area contributed by atoms with Crippen molar-refractivity contribution in [3.8, 4) is 0 Å². The summed E-state index contributed by atoms with van der Waals surface area (Å²) in [6.07, 6.45) is 5.13. The number of hydrogen-bond acceptors (Lipinski definition) is 3. The van der Waals surface area contributed by atoms with Crippen LogP contribution in [0.2, 0.25) is 0 Å². The highest BCUT2D eigenvalue weighted by Crippen LogP contribution is 2.51. The van der Waals surface area contributed by atoms with Crippen LogP contribution >= 0.6 is 0 Å². The van der Waals surface area contributed by atoms with Gasteiger partial charge in [0, 0.05) is 12.2 Å². The Hall–Kier alpha value is -1.58. The van der Waals surface area contributed by atoms with E-state index in [0.717, 1.165) is 23.4 Å². The maximum absolute atomic E-state index is 6.05. The van der Waals surface area contributed by atoms with Gasteiger partial charge in [0.25, 0.3) is 0 Å². The van der Waals surface area contributed by atoms with Gasteiger partial charge in [-0.15, -0.1) is 0 Å². The summed E-state index contributed by atoms with van der Waals surface area (Å²) in [7, 11) is 0. The number of rotatable bonds is 4. The summed E-state index contributed by atoms with van der Waals surface area (Å²) in [5, 5.41) is 0. The van der Waals surface area contributed by atoms with E-state index in [0.29, 0.717) is 11.4 Å². The molecule has 2 aromatic rings. The number of nitrogens with zero attached hydrogens (tertiary/aromatic N) is 3. The summed E-state index contributed by atoms with van der Waals surface area (Å²) in [4.78, 5) is 8.99. The smallest absolute Gasteiger partial charge is 0.202 e. The minimum absolute atomic E-state index is 0.460. The average Bonchev–Trinajstić information content (AvgIpc) is 3.02. The lowest BCUT2D eigenvalue weighted by atomic mass is 10.0. The number of imidazole rings is 1. The molecule has 0 bridgehead atoms. The molecule has 0 saturated heterocycles. The van der Waals surface area contributed by atoms with Crippen molar-refractivity contribution < 1.29 is 0 Å². The molecule has 0 radical (unpaired) electrons. The van der Waals surface area contributed by atoms with Crippen molar-refractivity contribution in [3.05, 3.63) is 17.8 Å². The fourth-order valence-electron chi connectivity index (χ4n) is 2.80. The standard InChI is InChI=1S/C14H20N4/c1-3-6-14(7-8-14)9-18-12-11(17-13(18)15)5-4-10(2)16-12/h4-5H,3,6-9H2,1-2H3,(H2,15,17). The molecule has 18 heavy (non-hydrogen) atoms. The zero-order valence-corrected chi connectivity index (χ0v) is 11.1. The number of hydrogen-bond donors (Lipinski definition) is 1. The van der Waals surface area contributed by atoms with Gasteiger partial charge in [-0.05, 0) is 43.7 Å². The molecule has 1 saturated carbocycles. The summed E-state index contributed by atoms with van der Waals surface area (Å²) in [6, 6.07) is 3.99. The Morgan fingerprint density at radius 3 is 2.78 bits per heavy atom. The van der Waals surface area contributed by atoms with Crippen LogP contribution in [0.3, 0.4) is 0 Å². The highest BCUT2D eigenvalue weighted by atomic mass is 15.2. The van der Waals surface area contributed by atoms with Crippen LogP contribution in [0, 0.1) is 12.3 Å². The number of anilines is 1. The van der Waals surface area contributed by atoms with Crippen LogP contribution in [0.1, 0.15) is 38.3 Å². The molecule has 2 heterocycles. The molecule has 1 fully saturated rings. The van der Waals surface area contributed by atoms with E-state index >= 15 is 0 Å². The minimum atomic E-state index is 0.460. The van der Waals surface area contributed by atoms with E-state index in [1.807, 2.05) is 19.1 Å². The molecule has 4 nitrogen and oxygen atoms in total. The molecule has 2 aromatic heterocycles. The van der Waals surface area contributed by atoms with Crippen molar-refractivity contribution in [2.45, 2.75) is 46.1 Å². The topological polar surface area (TPSA) is 56.7 Å². The first-order valence-electron chi connectivity index (χ1n) is 6.73. The lowest BCUT2D eigenvalue weighted by Crippen LogP contribution is -2.14. The average molecular weight is 244 g/mol. The van der Waals surface area contributed by atoms with Crippen LogP contribution < -0.4 is 5.73 Å². The van der Waals surface area contributed by atoms with Crippen LogP contribution in [-0.2, 0) is 6.54 Å². The van der Waals surface area contributed by atoms with Crippen molar-refractivity contribution in [1.82, 2.24) is 14.5 Å². The van der Waals surface area contributed by atoms with Crippen molar-refractivity contribution in [2.75, 3.05) is 5.73 Å². The molecule has 1 aliphatic rings. The van der Waals surface area contributed by atoms with E-state index in [1.54, 1.807) is 0 Å². The van der Waals surface area contributed by atoms with E-state index in [-0.39, 0.29) is 0 Å². The number of aryl methyl sites for hydroxylation is 1. The first-order chi connectivity index (χ1) is 8.63. The quantitative estimate of drug-likeness (QED) is 0.899. The van der Waals surface area contributed by atoms with E-state index in [9.17, 15) is 0 Å². The summed E-state index contributed by atoms with van der Waals surface area (Å²) >= 11 is 0. The fraction of sp³-hybridized carbons (Fsp3) is 0.571. The van der Waals surface area contributed by atoms with E-state index < -0.39 is 0 Å². The highest BCUT2D eigenvalue weighted by molar-refractivity contribution is 5.74. The van der Waals surface area contributed by atoms with E-state index in [4.69, 9.17) is 5.73 Å². The SMILES string of the molecule is CCCC1(Cn2c(N)nc3ccc(C)nc32)CC1. The van der Waals surface area contributed by atoms with E-state index in [2.05, 4.69) is 21.5 Å². The Labute approximate surface area is 107 Å². The van der Waals surface area contributed by atoms with Gasteiger partial charge in [0.2, 0.25) is 5.95 Å². The number of pyridine rings is 1. The van der Waals surface area contributed by atoms with Crippen molar-refractivity contribution in [2.24, 2.45) is 5.41 Å². The molecule has 2 N–H and O–H groups in total. The van der Waals surface area contributed by atoms with Gasteiger partial charge in [0.05, 0.1) is 0 Å². The summed E-state index contributed by atoms with van der Waals surface area (Å²) < 4.78 is 2.10. The predicted molar refractivity (Wildman–Crippen MR) is 73.3 cm³/mol. The van der Waals surface area contributed by atoms with Gasteiger partial charge < -0.3 is 5.73 Å². The fourth-order valence-corrected chi connectivity index (χ4v) is 2.80. The van der Waals surface area contributed by atoms with Crippen LogP contribution in [0.15, 0.2) is 12.1 Å². The normalized spacial score (nSPS) is 17.2. The third kappa shape index (κ3) is 1.85. The molecule has 3 rings (SSSR count). The van der Waals surface area contributed by atoms with Crippen molar-refractivity contribution >= 4 is 17.1 Å². The lowest BCUT2D eigenvalue weighted by Gasteiger charge is -2.16. The number of fused-ring (bicyclic) bond motifs is 1. The molecule has 0 unspecified atom stereocenters. The lowest BCUT2D eigenvalue weighted by molar-refractivity contribution is 0.395. The molecule has 1 aliphatic carbocycles. The Bertz CT molecular complexity index is 581. The van der Waals surface area contributed by atoms with Crippen molar-refractivity contribution in [3.63, 3.8) is 0 Å². The molecule has 96 valence electrons. The van der Waals surface area contributed by atoms with Gasteiger partial charge in [-0.1, -0.05) is 13.3 Å². The van der Waals surface area contributed by atoms with Crippen LogP contribution in [0.5, 0.6) is 0 Å². The molecule has 0 spiro atoms. The maximum Gasteiger partial charge on any atom is 0.202 e. The minimum Gasteiger partial charge on any atom is -0.369 e. The largest absolute Gasteiger partial charge is 0.369 e. The maximum atomic E-state index is 6.05. The number of nitrogens with two attached hydrogens (primary N) is 1. The first-order valence-corrected chi connectivity index (χ1v) is 6.73. The zero-order chi connectivity index (χ0) is 12.8. The van der Waals surface area contributed by atoms with Crippen LogP contribution in [0.4, 0.5) is 5.95 Å². The van der Waals surface area contributed by atoms with Gasteiger partial charge in [0.1, 0.15) is 5.52 Å². The molecule has 0 aliphatic heterocycles. The van der Waals surface area contributed by atoms with Gasteiger partial charge in [-0.2, -0.15) is 0 Å². The second-order valence-electron chi connectivity index (χ2n) is 5.60. The second kappa shape index (κ2) is 3.97. The summed E-state index contributed by atoms with van der Waals surface area (Å²) in [5.74, 6) is 0.602. The third-order valence-corrected chi connectivity index (χ3v) is 3.99. The van der Waals surface area contributed by atoms with E-state index in [1.165, 1.54) is 25.7 Å². The highest BCUT2D eigenvalue weighted by Gasteiger charge is 2.42. The summed E-state index contributed by atoms with van der Waals surface area (Å²) in [5.41, 5.74) is 9.37. The zero-order valence-electron chi connectivity index (χ0n) is 11.1. The third-order valence-electron chi connectivity index (χ3n) is 3.99. The molecule has 0 aromatic carbocycles.